The van der Waals surface area contributed by atoms with Gasteiger partial charge in [-0.1, -0.05) is 17.5 Å². The van der Waals surface area contributed by atoms with E-state index in [1.165, 1.54) is 12.1 Å². The number of fused-ring (bicyclic) bond motifs is 1. The van der Waals surface area contributed by atoms with Crippen LogP contribution in [-0.4, -0.2) is 12.3 Å². The van der Waals surface area contributed by atoms with E-state index in [2.05, 4.69) is 21.9 Å². The zero-order valence-corrected chi connectivity index (χ0v) is 12.0. The summed E-state index contributed by atoms with van der Waals surface area (Å²) in [5, 5.41) is 2.34. The number of anilines is 1. The van der Waals surface area contributed by atoms with E-state index in [9.17, 15) is 18.0 Å². The highest BCUT2D eigenvalue weighted by Crippen LogP contribution is 2.48. The van der Waals surface area contributed by atoms with Crippen molar-refractivity contribution in [2.75, 3.05) is 5.32 Å². The van der Waals surface area contributed by atoms with E-state index in [0.717, 1.165) is 18.9 Å². The van der Waals surface area contributed by atoms with Gasteiger partial charge in [0.25, 0.3) is 5.60 Å². The highest BCUT2D eigenvalue weighted by molar-refractivity contribution is 6.30. The molecule has 3 rings (SSSR count). The fourth-order valence-corrected chi connectivity index (χ4v) is 2.22. The fourth-order valence-electron chi connectivity index (χ4n) is 2.05. The van der Waals surface area contributed by atoms with Gasteiger partial charge in [0.2, 0.25) is 0 Å². The molecule has 0 unspecified atom stereocenters. The summed E-state index contributed by atoms with van der Waals surface area (Å²) in [5.74, 6) is 4.60. The van der Waals surface area contributed by atoms with E-state index in [0.29, 0.717) is 0 Å². The molecule has 1 aromatic rings. The van der Waals surface area contributed by atoms with Crippen molar-refractivity contribution in [2.24, 2.45) is 5.92 Å². The molecule has 1 aliphatic carbocycles. The van der Waals surface area contributed by atoms with Crippen LogP contribution >= 0.6 is 11.6 Å². The number of alkyl halides is 3. The number of halogens is 4. The van der Waals surface area contributed by atoms with E-state index in [-0.39, 0.29) is 28.3 Å². The van der Waals surface area contributed by atoms with Gasteiger partial charge in [0.1, 0.15) is 0 Å². The SMILES string of the molecule is N.O=C1Nc2ccc(Cl)cc2[C@@](C#CC2CC2)(C(F)(F)F)O1. The molecule has 0 bridgehead atoms. The molecule has 1 heterocycles. The molecule has 0 saturated heterocycles. The Labute approximate surface area is 129 Å². The monoisotopic (exact) mass is 332 g/mol. The van der Waals surface area contributed by atoms with Crippen molar-refractivity contribution in [1.82, 2.24) is 6.15 Å². The van der Waals surface area contributed by atoms with Crippen molar-refractivity contribution in [3.05, 3.63) is 28.8 Å². The molecule has 1 fully saturated rings. The summed E-state index contributed by atoms with van der Waals surface area (Å²) in [4.78, 5) is 11.5. The fraction of sp³-hybridized carbons (Fsp3) is 0.357. The van der Waals surface area contributed by atoms with Gasteiger partial charge in [0, 0.05) is 16.5 Å². The molecule has 0 radical (unpaired) electrons. The molecule has 1 atom stereocenters. The number of ether oxygens (including phenoxy) is 1. The summed E-state index contributed by atoms with van der Waals surface area (Å²) >= 11 is 5.78. The quantitative estimate of drug-likeness (QED) is 0.698. The van der Waals surface area contributed by atoms with Gasteiger partial charge in [-0.25, -0.2) is 4.79 Å². The van der Waals surface area contributed by atoms with Crippen LogP contribution in [0.2, 0.25) is 5.02 Å². The molecule has 1 aromatic carbocycles. The third-order valence-electron chi connectivity index (χ3n) is 3.27. The number of amides is 1. The Morgan fingerprint density at radius 2 is 2.05 bits per heavy atom. The van der Waals surface area contributed by atoms with Gasteiger partial charge in [-0.3, -0.25) is 5.32 Å². The molecule has 2 aliphatic rings. The number of rotatable bonds is 0. The minimum absolute atomic E-state index is 0. The van der Waals surface area contributed by atoms with Gasteiger partial charge in [-0.15, -0.1) is 0 Å². The second kappa shape index (κ2) is 5.38. The first-order valence-corrected chi connectivity index (χ1v) is 6.59. The normalized spacial score (nSPS) is 23.2. The molecule has 8 heteroatoms. The predicted molar refractivity (Wildman–Crippen MR) is 74.8 cm³/mol. The van der Waals surface area contributed by atoms with Gasteiger partial charge < -0.3 is 10.9 Å². The van der Waals surface area contributed by atoms with Crippen LogP contribution < -0.4 is 11.5 Å². The van der Waals surface area contributed by atoms with Gasteiger partial charge in [-0.2, -0.15) is 13.2 Å². The number of cyclic esters (lactones) is 1. The summed E-state index contributed by atoms with van der Waals surface area (Å²) in [6.07, 6.45) is -4.54. The van der Waals surface area contributed by atoms with Crippen molar-refractivity contribution >= 4 is 23.4 Å². The summed E-state index contributed by atoms with van der Waals surface area (Å²) in [6, 6.07) is 3.81. The number of carbonyl (C=O) groups excluding carboxylic acids is 1. The minimum Gasteiger partial charge on any atom is -0.415 e. The molecular formula is C14H12ClF3N2O2. The maximum atomic E-state index is 13.6. The lowest BCUT2D eigenvalue weighted by molar-refractivity contribution is -0.239. The lowest BCUT2D eigenvalue weighted by Crippen LogP contribution is -2.49. The Hall–Kier alpha value is -1.91. The van der Waals surface area contributed by atoms with Crippen LogP contribution in [0.3, 0.4) is 0 Å². The van der Waals surface area contributed by atoms with E-state index < -0.39 is 17.9 Å². The van der Waals surface area contributed by atoms with Crippen LogP contribution in [-0.2, 0) is 10.3 Å². The second-order valence-corrected chi connectivity index (χ2v) is 5.36. The summed E-state index contributed by atoms with van der Waals surface area (Å²) in [6.45, 7) is 0. The molecule has 1 amide bonds. The maximum absolute atomic E-state index is 13.6. The van der Waals surface area contributed by atoms with Gasteiger partial charge in [0.05, 0.1) is 5.69 Å². The summed E-state index contributed by atoms with van der Waals surface area (Å²) in [5.41, 5.74) is -3.27. The number of hydrogen-bond acceptors (Lipinski definition) is 3. The average Bonchev–Trinajstić information content (AvgIpc) is 3.19. The van der Waals surface area contributed by atoms with Crippen LogP contribution in [0.5, 0.6) is 0 Å². The van der Waals surface area contributed by atoms with E-state index in [4.69, 9.17) is 11.6 Å². The van der Waals surface area contributed by atoms with Crippen LogP contribution in [0, 0.1) is 17.8 Å². The zero-order chi connectivity index (χ0) is 15.3. The first kappa shape index (κ1) is 16.5. The van der Waals surface area contributed by atoms with Crippen molar-refractivity contribution < 1.29 is 22.7 Å². The highest BCUT2D eigenvalue weighted by atomic mass is 35.5. The molecule has 0 spiro atoms. The summed E-state index contributed by atoms with van der Waals surface area (Å²) in [7, 11) is 0. The smallest absolute Gasteiger partial charge is 0.415 e. The van der Waals surface area contributed by atoms with Gasteiger partial charge in [0.15, 0.2) is 0 Å². The Bertz CT molecular complexity index is 677. The van der Waals surface area contributed by atoms with E-state index in [1.807, 2.05) is 0 Å². The maximum Gasteiger partial charge on any atom is 0.445 e. The first-order valence-electron chi connectivity index (χ1n) is 6.21. The molecule has 22 heavy (non-hydrogen) atoms. The van der Waals surface area contributed by atoms with Crippen molar-refractivity contribution in [3.8, 4) is 11.8 Å². The molecular weight excluding hydrogens is 321 g/mol. The zero-order valence-electron chi connectivity index (χ0n) is 11.3. The Morgan fingerprint density at radius 3 is 2.64 bits per heavy atom. The molecule has 4 N–H and O–H groups in total. The van der Waals surface area contributed by atoms with Crippen LogP contribution in [0.15, 0.2) is 18.2 Å². The first-order chi connectivity index (χ1) is 9.82. The number of hydrogen-bond donors (Lipinski definition) is 2. The lowest BCUT2D eigenvalue weighted by Gasteiger charge is -2.35. The Balaban J connectivity index is 0.00000176. The predicted octanol–water partition coefficient (Wildman–Crippen LogP) is 4.24. The van der Waals surface area contributed by atoms with Crippen molar-refractivity contribution in [3.63, 3.8) is 0 Å². The standard InChI is InChI=1S/C14H9ClF3NO2.H3N/c15-9-3-4-11-10(7-9)13(14(16,17)18,21-12(20)19-11)6-5-8-1-2-8;/h3-4,7-8H,1-2H2,(H,19,20);1H3/t13-;/m0./s1. The molecule has 118 valence electrons. The number of nitrogens with one attached hydrogen (secondary N) is 1. The Morgan fingerprint density at radius 1 is 1.36 bits per heavy atom. The van der Waals surface area contributed by atoms with Gasteiger partial charge in [-0.05, 0) is 37.0 Å². The average molecular weight is 333 g/mol. The van der Waals surface area contributed by atoms with Crippen LogP contribution in [0.1, 0.15) is 18.4 Å². The largest absolute Gasteiger partial charge is 0.445 e. The second-order valence-electron chi connectivity index (χ2n) is 4.93. The van der Waals surface area contributed by atoms with Crippen LogP contribution in [0.25, 0.3) is 0 Å². The molecule has 1 saturated carbocycles. The molecule has 1 aliphatic heterocycles. The third kappa shape index (κ3) is 2.72. The summed E-state index contributed by atoms with van der Waals surface area (Å²) < 4.78 is 45.4. The minimum atomic E-state index is -4.87. The van der Waals surface area contributed by atoms with E-state index in [1.54, 1.807) is 0 Å². The van der Waals surface area contributed by atoms with Crippen LogP contribution in [0.4, 0.5) is 23.7 Å². The molecule has 4 nitrogen and oxygen atoms in total. The van der Waals surface area contributed by atoms with Crippen molar-refractivity contribution in [2.45, 2.75) is 24.6 Å². The Kier molecular flexibility index (Phi) is 4.02. The van der Waals surface area contributed by atoms with E-state index >= 15 is 0 Å². The van der Waals surface area contributed by atoms with Crippen molar-refractivity contribution in [1.29, 1.82) is 0 Å². The molecule has 0 aromatic heterocycles. The number of carbonyl (C=O) groups is 1. The number of benzene rings is 1. The lowest BCUT2D eigenvalue weighted by atomic mass is 9.90. The van der Waals surface area contributed by atoms with Gasteiger partial charge >= 0.3 is 12.3 Å². The third-order valence-corrected chi connectivity index (χ3v) is 3.51. The highest BCUT2D eigenvalue weighted by Gasteiger charge is 2.62. The topological polar surface area (TPSA) is 73.3 Å².